The second-order valence-electron chi connectivity index (χ2n) is 4.48. The summed E-state index contributed by atoms with van der Waals surface area (Å²) in [4.78, 5) is 0. The zero-order valence-corrected chi connectivity index (χ0v) is 9.04. The minimum Gasteiger partial charge on any atom is -0.402 e. The van der Waals surface area contributed by atoms with E-state index in [9.17, 15) is 0 Å². The van der Waals surface area contributed by atoms with Crippen molar-refractivity contribution in [3.63, 3.8) is 0 Å². The fraction of sp³-hybridized carbons (Fsp3) is 0.333. The predicted molar refractivity (Wildman–Crippen MR) is 62.5 cm³/mol. The largest absolute Gasteiger partial charge is 0.402 e. The molecule has 0 atom stereocenters. The van der Waals surface area contributed by atoms with Crippen molar-refractivity contribution >= 4 is 11.8 Å². The molecular formula is C12H18N2. The van der Waals surface area contributed by atoms with Crippen molar-refractivity contribution in [2.24, 2.45) is 11.1 Å². The van der Waals surface area contributed by atoms with Crippen LogP contribution in [0.15, 0.2) is 30.0 Å². The zero-order valence-electron chi connectivity index (χ0n) is 9.04. The van der Waals surface area contributed by atoms with Crippen LogP contribution in [0.5, 0.6) is 0 Å². The molecule has 4 N–H and O–H groups in total. The maximum Gasteiger partial charge on any atom is 0.0388 e. The molecule has 0 saturated carbocycles. The molecule has 0 radical (unpaired) electrons. The van der Waals surface area contributed by atoms with E-state index in [-0.39, 0.29) is 5.41 Å². The number of nitrogen functional groups attached to an aromatic ring is 1. The molecular weight excluding hydrogens is 172 g/mol. The Morgan fingerprint density at radius 1 is 1.21 bits per heavy atom. The smallest absolute Gasteiger partial charge is 0.0388 e. The minimum atomic E-state index is -0.0116. The van der Waals surface area contributed by atoms with Crippen molar-refractivity contribution in [1.82, 2.24) is 0 Å². The van der Waals surface area contributed by atoms with Gasteiger partial charge >= 0.3 is 0 Å². The van der Waals surface area contributed by atoms with Gasteiger partial charge in [-0.1, -0.05) is 39.0 Å². The summed E-state index contributed by atoms with van der Waals surface area (Å²) < 4.78 is 0. The van der Waals surface area contributed by atoms with Gasteiger partial charge in [0.05, 0.1) is 0 Å². The molecule has 0 heterocycles. The van der Waals surface area contributed by atoms with Gasteiger partial charge in [0.15, 0.2) is 0 Å². The highest BCUT2D eigenvalue weighted by atomic mass is 14.6. The van der Waals surface area contributed by atoms with Gasteiger partial charge in [0.2, 0.25) is 0 Å². The van der Waals surface area contributed by atoms with Gasteiger partial charge < -0.3 is 11.5 Å². The van der Waals surface area contributed by atoms with E-state index in [0.717, 1.165) is 16.9 Å². The van der Waals surface area contributed by atoms with Gasteiger partial charge in [-0.15, -0.1) is 0 Å². The van der Waals surface area contributed by atoms with Crippen LogP contribution < -0.4 is 11.5 Å². The lowest BCUT2D eigenvalue weighted by Gasteiger charge is -2.19. The van der Waals surface area contributed by atoms with Gasteiger partial charge in [-0.3, -0.25) is 0 Å². The number of anilines is 1. The van der Waals surface area contributed by atoms with Crippen molar-refractivity contribution in [2.45, 2.75) is 20.8 Å². The Kier molecular flexibility index (Phi) is 2.84. The second kappa shape index (κ2) is 3.74. The summed E-state index contributed by atoms with van der Waals surface area (Å²) in [5, 5.41) is 0. The summed E-state index contributed by atoms with van der Waals surface area (Å²) in [6.07, 6.45) is 1.94. The van der Waals surface area contributed by atoms with E-state index in [0.29, 0.717) is 0 Å². The quantitative estimate of drug-likeness (QED) is 0.669. The molecule has 0 aliphatic rings. The van der Waals surface area contributed by atoms with Crippen LogP contribution >= 0.6 is 0 Å². The highest BCUT2D eigenvalue weighted by molar-refractivity contribution is 5.66. The lowest BCUT2D eigenvalue weighted by molar-refractivity contribution is 0.501. The fourth-order valence-electron chi connectivity index (χ4n) is 1.03. The zero-order chi connectivity index (χ0) is 10.8. The lowest BCUT2D eigenvalue weighted by Crippen LogP contribution is -2.16. The van der Waals surface area contributed by atoms with Gasteiger partial charge in [-0.2, -0.15) is 0 Å². The third-order valence-electron chi connectivity index (χ3n) is 2.17. The molecule has 0 saturated heterocycles. The average Bonchev–Trinajstić information content (AvgIpc) is 2.07. The Balaban J connectivity index is 3.04. The maximum absolute atomic E-state index is 5.96. The van der Waals surface area contributed by atoms with Crippen LogP contribution in [-0.4, -0.2) is 0 Å². The number of allylic oxidation sites excluding steroid dienone is 1. The van der Waals surface area contributed by atoms with E-state index in [1.54, 1.807) is 0 Å². The molecule has 0 bridgehead atoms. The summed E-state index contributed by atoms with van der Waals surface area (Å²) in [5.41, 5.74) is 14.4. The van der Waals surface area contributed by atoms with Gasteiger partial charge in [-0.25, -0.2) is 0 Å². The first kappa shape index (κ1) is 10.6. The molecule has 1 aromatic carbocycles. The average molecular weight is 190 g/mol. The summed E-state index contributed by atoms with van der Waals surface area (Å²) in [5.74, 6) is 0. The molecule has 0 aromatic heterocycles. The molecule has 2 heteroatoms. The molecule has 0 spiro atoms. The SMILES string of the molecule is CC(C)(C)/C(N)=C/c1ccccc1N. The second-order valence-corrected chi connectivity index (χ2v) is 4.48. The minimum absolute atomic E-state index is 0.0116. The van der Waals surface area contributed by atoms with Crippen LogP contribution in [0.1, 0.15) is 26.3 Å². The van der Waals surface area contributed by atoms with Crippen LogP contribution in [0.4, 0.5) is 5.69 Å². The van der Waals surface area contributed by atoms with Crippen molar-refractivity contribution in [3.05, 3.63) is 35.5 Å². The Hall–Kier alpha value is -1.44. The standard InChI is InChI=1S/C12H18N2/c1-12(2,3)11(14)8-9-6-4-5-7-10(9)13/h4-8H,13-14H2,1-3H3/b11-8-. The molecule has 14 heavy (non-hydrogen) atoms. The lowest BCUT2D eigenvalue weighted by atomic mass is 9.91. The summed E-state index contributed by atoms with van der Waals surface area (Å²) in [6, 6.07) is 7.72. The number of hydrogen-bond acceptors (Lipinski definition) is 2. The summed E-state index contributed by atoms with van der Waals surface area (Å²) in [6.45, 7) is 6.24. The predicted octanol–water partition coefficient (Wildman–Crippen LogP) is 2.61. The van der Waals surface area contributed by atoms with Crippen LogP contribution in [0.2, 0.25) is 0 Å². The molecule has 1 rings (SSSR count). The molecule has 76 valence electrons. The first-order valence-electron chi connectivity index (χ1n) is 4.73. The fourth-order valence-corrected chi connectivity index (χ4v) is 1.03. The Bertz CT molecular complexity index is 346. The van der Waals surface area contributed by atoms with Crippen LogP contribution in [0.3, 0.4) is 0 Å². The molecule has 0 amide bonds. The third kappa shape index (κ3) is 2.52. The Morgan fingerprint density at radius 2 is 1.79 bits per heavy atom. The number of rotatable bonds is 1. The Morgan fingerprint density at radius 3 is 2.29 bits per heavy atom. The number of para-hydroxylation sites is 1. The molecule has 1 aromatic rings. The van der Waals surface area contributed by atoms with Crippen molar-refractivity contribution in [3.8, 4) is 0 Å². The molecule has 0 fully saturated rings. The van der Waals surface area contributed by atoms with Crippen LogP contribution in [-0.2, 0) is 0 Å². The van der Waals surface area contributed by atoms with E-state index >= 15 is 0 Å². The van der Waals surface area contributed by atoms with Gasteiger partial charge in [0.25, 0.3) is 0 Å². The highest BCUT2D eigenvalue weighted by Crippen LogP contribution is 2.24. The van der Waals surface area contributed by atoms with Gasteiger partial charge in [0, 0.05) is 16.8 Å². The maximum atomic E-state index is 5.96. The number of benzene rings is 1. The number of nitrogens with two attached hydrogens (primary N) is 2. The summed E-state index contributed by atoms with van der Waals surface area (Å²) >= 11 is 0. The summed E-state index contributed by atoms with van der Waals surface area (Å²) in [7, 11) is 0. The van der Waals surface area contributed by atoms with E-state index in [2.05, 4.69) is 20.8 Å². The normalized spacial score (nSPS) is 12.9. The number of hydrogen-bond donors (Lipinski definition) is 2. The first-order valence-corrected chi connectivity index (χ1v) is 4.73. The van der Waals surface area contributed by atoms with Crippen molar-refractivity contribution < 1.29 is 0 Å². The monoisotopic (exact) mass is 190 g/mol. The van der Waals surface area contributed by atoms with Crippen molar-refractivity contribution in [1.29, 1.82) is 0 Å². The molecule has 2 nitrogen and oxygen atoms in total. The molecule has 0 unspecified atom stereocenters. The molecule has 0 aliphatic heterocycles. The van der Waals surface area contributed by atoms with Crippen LogP contribution in [0.25, 0.3) is 6.08 Å². The third-order valence-corrected chi connectivity index (χ3v) is 2.17. The van der Waals surface area contributed by atoms with E-state index in [4.69, 9.17) is 11.5 Å². The topological polar surface area (TPSA) is 52.0 Å². The Labute approximate surface area is 85.6 Å². The van der Waals surface area contributed by atoms with Gasteiger partial charge in [-0.05, 0) is 17.7 Å². The first-order chi connectivity index (χ1) is 6.41. The van der Waals surface area contributed by atoms with E-state index < -0.39 is 0 Å². The van der Waals surface area contributed by atoms with Crippen LogP contribution in [0, 0.1) is 5.41 Å². The highest BCUT2D eigenvalue weighted by Gasteiger charge is 2.13. The molecule has 0 aliphatic carbocycles. The van der Waals surface area contributed by atoms with E-state index in [1.807, 2.05) is 30.3 Å². The van der Waals surface area contributed by atoms with Crippen molar-refractivity contribution in [2.75, 3.05) is 5.73 Å². The van der Waals surface area contributed by atoms with Gasteiger partial charge in [0.1, 0.15) is 0 Å². The van der Waals surface area contributed by atoms with E-state index in [1.165, 1.54) is 0 Å².